The smallest absolute Gasteiger partial charge is 0.272 e. The molecule has 3 N–H and O–H groups in total. The van der Waals surface area contributed by atoms with Gasteiger partial charge in [-0.15, -0.1) is 0 Å². The molecule has 2 aromatic heterocycles. The van der Waals surface area contributed by atoms with Gasteiger partial charge < -0.3 is 15.2 Å². The van der Waals surface area contributed by atoms with E-state index in [0.29, 0.717) is 25.2 Å². The maximum Gasteiger partial charge on any atom is 0.272 e. The average molecular weight is 289 g/mol. The van der Waals surface area contributed by atoms with Crippen molar-refractivity contribution in [1.29, 1.82) is 0 Å². The summed E-state index contributed by atoms with van der Waals surface area (Å²) in [6.07, 6.45) is 1.59. The molecular formula is C14H19N5O2. The van der Waals surface area contributed by atoms with E-state index < -0.39 is 0 Å². The molecule has 0 atom stereocenters. The van der Waals surface area contributed by atoms with E-state index in [1.54, 1.807) is 0 Å². The van der Waals surface area contributed by atoms with Gasteiger partial charge in [0, 0.05) is 42.9 Å². The maximum absolute atomic E-state index is 12.2. The first kappa shape index (κ1) is 13.8. The number of amides is 1. The van der Waals surface area contributed by atoms with Crippen LogP contribution in [0, 0.1) is 13.8 Å². The Morgan fingerprint density at radius 3 is 3.05 bits per heavy atom. The molecular weight excluding hydrogens is 270 g/mol. The lowest BCUT2D eigenvalue weighted by molar-refractivity contribution is 0.0948. The Balaban J connectivity index is 1.61. The molecule has 1 aliphatic heterocycles. The molecule has 112 valence electrons. The summed E-state index contributed by atoms with van der Waals surface area (Å²) in [5, 5.41) is 17.2. The first-order chi connectivity index (χ1) is 10.2. The van der Waals surface area contributed by atoms with Crippen molar-refractivity contribution in [3.05, 3.63) is 34.0 Å². The number of fused-ring (bicyclic) bond motifs is 1. The molecule has 2 aromatic rings. The number of aromatic amines is 1. The summed E-state index contributed by atoms with van der Waals surface area (Å²) in [6, 6.07) is 0. The van der Waals surface area contributed by atoms with Gasteiger partial charge in [-0.25, -0.2) is 0 Å². The number of nitrogens with one attached hydrogen (secondary N) is 3. The van der Waals surface area contributed by atoms with Crippen LogP contribution >= 0.6 is 0 Å². The zero-order valence-corrected chi connectivity index (χ0v) is 12.2. The number of hydrogen-bond donors (Lipinski definition) is 3. The minimum Gasteiger partial charge on any atom is -0.361 e. The zero-order chi connectivity index (χ0) is 14.8. The van der Waals surface area contributed by atoms with Crippen LogP contribution in [0.3, 0.4) is 0 Å². The molecule has 0 bridgehead atoms. The van der Waals surface area contributed by atoms with Crippen molar-refractivity contribution < 1.29 is 9.32 Å². The number of hydrogen-bond acceptors (Lipinski definition) is 5. The number of carbonyl (C=O) groups excluding carboxylic acids is 1. The second-order valence-electron chi connectivity index (χ2n) is 5.26. The van der Waals surface area contributed by atoms with Crippen LogP contribution in [-0.2, 0) is 19.4 Å². The van der Waals surface area contributed by atoms with E-state index in [1.165, 1.54) is 0 Å². The highest BCUT2D eigenvalue weighted by Crippen LogP contribution is 2.15. The van der Waals surface area contributed by atoms with E-state index >= 15 is 0 Å². The summed E-state index contributed by atoms with van der Waals surface area (Å²) in [6.45, 7) is 5.94. The minimum atomic E-state index is -0.136. The van der Waals surface area contributed by atoms with Gasteiger partial charge in [0.1, 0.15) is 5.76 Å². The second-order valence-corrected chi connectivity index (χ2v) is 5.26. The summed E-state index contributed by atoms with van der Waals surface area (Å²) in [4.78, 5) is 12.2. The predicted molar refractivity (Wildman–Crippen MR) is 76.0 cm³/mol. The number of nitrogens with zero attached hydrogens (tertiary/aromatic N) is 2. The molecule has 21 heavy (non-hydrogen) atoms. The molecule has 7 heteroatoms. The maximum atomic E-state index is 12.2. The van der Waals surface area contributed by atoms with Crippen LogP contribution < -0.4 is 10.6 Å². The van der Waals surface area contributed by atoms with Crippen molar-refractivity contribution in [1.82, 2.24) is 26.0 Å². The van der Waals surface area contributed by atoms with E-state index in [1.807, 2.05) is 13.8 Å². The van der Waals surface area contributed by atoms with Crippen molar-refractivity contribution >= 4 is 5.91 Å². The number of carbonyl (C=O) groups is 1. The summed E-state index contributed by atoms with van der Waals surface area (Å²) in [7, 11) is 0. The predicted octanol–water partition coefficient (Wildman–Crippen LogP) is 0.633. The highest BCUT2D eigenvalue weighted by atomic mass is 16.5. The number of aryl methyl sites for hydroxylation is 2. The molecule has 0 aliphatic carbocycles. The molecule has 0 fully saturated rings. The van der Waals surface area contributed by atoms with E-state index in [-0.39, 0.29) is 5.91 Å². The van der Waals surface area contributed by atoms with Crippen molar-refractivity contribution in [3.8, 4) is 0 Å². The lowest BCUT2D eigenvalue weighted by Gasteiger charge is -2.12. The van der Waals surface area contributed by atoms with Crippen LogP contribution in [0.5, 0.6) is 0 Å². The second kappa shape index (κ2) is 5.69. The third-order valence-corrected chi connectivity index (χ3v) is 3.86. The molecule has 0 radical (unpaired) electrons. The molecule has 3 rings (SSSR count). The van der Waals surface area contributed by atoms with Crippen LogP contribution in [-0.4, -0.2) is 34.4 Å². The third kappa shape index (κ3) is 2.69. The van der Waals surface area contributed by atoms with Crippen molar-refractivity contribution in [2.45, 2.75) is 33.2 Å². The standard InChI is InChI=1S/C14H19N5O2/c1-8-10(9(2)21-19-8)3-6-16-14(20)13-11-7-15-5-4-12(11)17-18-13/h15H,3-7H2,1-2H3,(H,16,20)(H,17,18). The van der Waals surface area contributed by atoms with Gasteiger partial charge in [0.25, 0.3) is 5.91 Å². The van der Waals surface area contributed by atoms with Gasteiger partial charge in [-0.1, -0.05) is 5.16 Å². The lowest BCUT2D eigenvalue weighted by Crippen LogP contribution is -2.29. The van der Waals surface area contributed by atoms with Crippen LogP contribution in [0.25, 0.3) is 0 Å². The molecule has 3 heterocycles. The van der Waals surface area contributed by atoms with E-state index in [2.05, 4.69) is 26.0 Å². The monoisotopic (exact) mass is 289 g/mol. The molecule has 0 saturated heterocycles. The number of H-pyrrole nitrogens is 1. The highest BCUT2D eigenvalue weighted by Gasteiger charge is 2.21. The zero-order valence-electron chi connectivity index (χ0n) is 12.2. The fraction of sp³-hybridized carbons (Fsp3) is 0.500. The average Bonchev–Trinajstić information content (AvgIpc) is 3.05. The quantitative estimate of drug-likeness (QED) is 0.767. The normalized spacial score (nSPS) is 14.0. The van der Waals surface area contributed by atoms with E-state index in [9.17, 15) is 4.79 Å². The summed E-state index contributed by atoms with van der Waals surface area (Å²) >= 11 is 0. The van der Waals surface area contributed by atoms with Gasteiger partial charge in [0.2, 0.25) is 0 Å². The van der Waals surface area contributed by atoms with Gasteiger partial charge in [0.05, 0.1) is 5.69 Å². The Morgan fingerprint density at radius 1 is 1.43 bits per heavy atom. The van der Waals surface area contributed by atoms with Gasteiger partial charge >= 0.3 is 0 Å². The van der Waals surface area contributed by atoms with E-state index in [4.69, 9.17) is 4.52 Å². The Morgan fingerprint density at radius 2 is 2.29 bits per heavy atom. The topological polar surface area (TPSA) is 95.8 Å². The largest absolute Gasteiger partial charge is 0.361 e. The van der Waals surface area contributed by atoms with Gasteiger partial charge in [-0.2, -0.15) is 5.10 Å². The molecule has 0 saturated carbocycles. The third-order valence-electron chi connectivity index (χ3n) is 3.86. The molecule has 0 unspecified atom stereocenters. The molecule has 1 aliphatic rings. The lowest BCUT2D eigenvalue weighted by atomic mass is 10.1. The fourth-order valence-corrected chi connectivity index (χ4v) is 2.66. The first-order valence-corrected chi connectivity index (χ1v) is 7.13. The summed E-state index contributed by atoms with van der Waals surface area (Å²) in [5.74, 6) is 0.672. The minimum absolute atomic E-state index is 0.136. The van der Waals surface area contributed by atoms with Crippen molar-refractivity contribution in [3.63, 3.8) is 0 Å². The Bertz CT molecular complexity index is 639. The van der Waals surface area contributed by atoms with Crippen molar-refractivity contribution in [2.24, 2.45) is 0 Å². The summed E-state index contributed by atoms with van der Waals surface area (Å²) in [5.41, 5.74) is 4.47. The Labute approximate surface area is 122 Å². The first-order valence-electron chi connectivity index (χ1n) is 7.13. The van der Waals surface area contributed by atoms with E-state index in [0.717, 1.165) is 41.2 Å². The van der Waals surface area contributed by atoms with Gasteiger partial charge in [-0.3, -0.25) is 9.89 Å². The number of aromatic nitrogens is 3. The van der Waals surface area contributed by atoms with Crippen molar-refractivity contribution in [2.75, 3.05) is 13.1 Å². The van der Waals surface area contributed by atoms with Crippen LogP contribution in [0.2, 0.25) is 0 Å². The van der Waals surface area contributed by atoms with Gasteiger partial charge in [0.15, 0.2) is 5.69 Å². The Kier molecular flexibility index (Phi) is 3.74. The van der Waals surface area contributed by atoms with Gasteiger partial charge in [-0.05, 0) is 20.3 Å². The fourth-order valence-electron chi connectivity index (χ4n) is 2.66. The van der Waals surface area contributed by atoms with Crippen LogP contribution in [0.1, 0.15) is 38.8 Å². The summed E-state index contributed by atoms with van der Waals surface area (Å²) < 4.78 is 5.11. The SMILES string of the molecule is Cc1noc(C)c1CCNC(=O)c1n[nH]c2c1CNCC2. The molecule has 1 amide bonds. The Hall–Kier alpha value is -2.15. The van der Waals surface area contributed by atoms with Crippen LogP contribution in [0.15, 0.2) is 4.52 Å². The molecule has 7 nitrogen and oxygen atoms in total. The molecule has 0 aromatic carbocycles. The molecule has 0 spiro atoms. The number of rotatable bonds is 4. The highest BCUT2D eigenvalue weighted by molar-refractivity contribution is 5.94. The van der Waals surface area contributed by atoms with Crippen LogP contribution in [0.4, 0.5) is 0 Å².